The molecule has 1 saturated carbocycles. The molecule has 0 saturated heterocycles. The highest BCUT2D eigenvalue weighted by molar-refractivity contribution is 6.30. The number of halogens is 1. The molecule has 2 aromatic carbocycles. The lowest BCUT2D eigenvalue weighted by atomic mass is 9.96. The summed E-state index contributed by atoms with van der Waals surface area (Å²) in [5, 5.41) is 0.567. The van der Waals surface area contributed by atoms with E-state index in [9.17, 15) is 14.4 Å². The van der Waals surface area contributed by atoms with E-state index in [0.717, 1.165) is 28.7 Å². The Morgan fingerprint density at radius 2 is 1.78 bits per heavy atom. The fourth-order valence-electron chi connectivity index (χ4n) is 3.90. The summed E-state index contributed by atoms with van der Waals surface area (Å²) in [5.74, 6) is -0.484. The van der Waals surface area contributed by atoms with Gasteiger partial charge in [0.05, 0.1) is 37.4 Å². The van der Waals surface area contributed by atoms with Gasteiger partial charge in [-0.05, 0) is 75.1 Å². The van der Waals surface area contributed by atoms with Crippen molar-refractivity contribution in [2.75, 3.05) is 7.11 Å². The zero-order chi connectivity index (χ0) is 25.8. The molecule has 1 fully saturated rings. The molecule has 0 unspecified atom stereocenters. The van der Waals surface area contributed by atoms with Crippen molar-refractivity contribution >= 4 is 23.3 Å². The number of nitrogens with zero attached hydrogens (tertiary/aromatic N) is 3. The quantitative estimate of drug-likeness (QED) is 0.464. The molecule has 1 aliphatic rings. The number of aromatic amines is 1. The van der Waals surface area contributed by atoms with Gasteiger partial charge in [0.2, 0.25) is 5.62 Å². The molecule has 2 atom stereocenters. The second kappa shape index (κ2) is 11.0. The van der Waals surface area contributed by atoms with Crippen LogP contribution in [-0.4, -0.2) is 33.3 Å². The SMILES string of the molecule is COC(=O)[C@H](C)[C@H](C)n1c(=O)[nH]/c(=N\c2ccc(OC3CCC3)cc2)n(Cc2ccc(Cl)cc2)c1=O. The molecule has 1 N–H and O–H groups in total. The molecule has 190 valence electrons. The first-order valence-electron chi connectivity index (χ1n) is 11.9. The minimum atomic E-state index is -0.748. The number of hydrogen-bond acceptors (Lipinski definition) is 6. The van der Waals surface area contributed by atoms with E-state index in [-0.39, 0.29) is 18.3 Å². The number of esters is 1. The Morgan fingerprint density at radius 3 is 2.36 bits per heavy atom. The molecule has 1 heterocycles. The molecular formula is C26H29ClN4O5. The minimum Gasteiger partial charge on any atom is -0.490 e. The first-order chi connectivity index (χ1) is 17.3. The van der Waals surface area contributed by atoms with Crippen LogP contribution >= 0.6 is 11.6 Å². The number of nitrogens with one attached hydrogen (secondary N) is 1. The molecule has 0 amide bonds. The van der Waals surface area contributed by atoms with E-state index in [1.54, 1.807) is 50.2 Å². The number of H-pyrrole nitrogens is 1. The number of carbonyl (C=O) groups is 1. The molecule has 3 aromatic rings. The Balaban J connectivity index is 1.78. The summed E-state index contributed by atoms with van der Waals surface area (Å²) in [7, 11) is 1.27. The predicted molar refractivity (Wildman–Crippen MR) is 136 cm³/mol. The second-order valence-electron chi connectivity index (χ2n) is 8.95. The third-order valence-corrected chi connectivity index (χ3v) is 6.77. The van der Waals surface area contributed by atoms with Crippen LogP contribution < -0.4 is 21.7 Å². The van der Waals surface area contributed by atoms with Crippen molar-refractivity contribution < 1.29 is 14.3 Å². The number of rotatable bonds is 8. The van der Waals surface area contributed by atoms with Crippen molar-refractivity contribution in [3.8, 4) is 5.75 Å². The van der Waals surface area contributed by atoms with E-state index in [0.29, 0.717) is 10.7 Å². The van der Waals surface area contributed by atoms with Crippen LogP contribution in [0.15, 0.2) is 63.1 Å². The van der Waals surface area contributed by atoms with Crippen LogP contribution in [0.4, 0.5) is 5.69 Å². The van der Waals surface area contributed by atoms with Crippen LogP contribution in [0.5, 0.6) is 5.75 Å². The van der Waals surface area contributed by atoms with Crippen molar-refractivity contribution in [2.45, 2.75) is 51.8 Å². The van der Waals surface area contributed by atoms with Crippen LogP contribution in [-0.2, 0) is 16.1 Å². The number of methoxy groups -OCH3 is 1. The third-order valence-electron chi connectivity index (χ3n) is 6.51. The fraction of sp³-hybridized carbons (Fsp3) is 0.385. The van der Waals surface area contributed by atoms with Crippen LogP contribution in [0.1, 0.15) is 44.7 Å². The highest BCUT2D eigenvalue weighted by atomic mass is 35.5. The largest absolute Gasteiger partial charge is 0.490 e. The molecule has 0 radical (unpaired) electrons. The number of carbonyl (C=O) groups excluding carboxylic acids is 1. The van der Waals surface area contributed by atoms with Crippen molar-refractivity contribution in [1.29, 1.82) is 0 Å². The van der Waals surface area contributed by atoms with Gasteiger partial charge in [0.25, 0.3) is 0 Å². The van der Waals surface area contributed by atoms with Gasteiger partial charge in [0.1, 0.15) is 5.75 Å². The van der Waals surface area contributed by atoms with E-state index in [4.69, 9.17) is 21.1 Å². The molecule has 1 aromatic heterocycles. The average Bonchev–Trinajstić information content (AvgIpc) is 2.84. The van der Waals surface area contributed by atoms with Crippen LogP contribution in [0.3, 0.4) is 0 Å². The van der Waals surface area contributed by atoms with Crippen molar-refractivity contribution in [3.63, 3.8) is 0 Å². The molecule has 1 aliphatic carbocycles. The van der Waals surface area contributed by atoms with Gasteiger partial charge in [-0.3, -0.25) is 14.3 Å². The molecular weight excluding hydrogens is 484 g/mol. The Labute approximate surface area is 213 Å². The Bertz CT molecular complexity index is 1400. The van der Waals surface area contributed by atoms with Gasteiger partial charge in [-0.2, -0.15) is 0 Å². The number of ether oxygens (including phenoxy) is 2. The summed E-state index contributed by atoms with van der Waals surface area (Å²) in [4.78, 5) is 46.0. The Hall–Kier alpha value is -3.59. The monoisotopic (exact) mass is 512 g/mol. The lowest BCUT2D eigenvalue weighted by Gasteiger charge is -2.26. The number of benzene rings is 2. The first-order valence-corrected chi connectivity index (χ1v) is 12.2. The zero-order valence-electron chi connectivity index (χ0n) is 20.4. The maximum atomic E-state index is 13.6. The van der Waals surface area contributed by atoms with Gasteiger partial charge in [0.15, 0.2) is 0 Å². The van der Waals surface area contributed by atoms with Crippen LogP contribution in [0, 0.1) is 5.92 Å². The van der Waals surface area contributed by atoms with E-state index in [1.807, 2.05) is 12.1 Å². The molecule has 4 rings (SSSR count). The Morgan fingerprint density at radius 1 is 1.11 bits per heavy atom. The topological polar surface area (TPSA) is 108 Å². The van der Waals surface area contributed by atoms with Gasteiger partial charge < -0.3 is 9.47 Å². The molecule has 0 spiro atoms. The molecule has 9 nitrogen and oxygen atoms in total. The van der Waals surface area contributed by atoms with Crippen LogP contribution in [0.25, 0.3) is 0 Å². The summed E-state index contributed by atoms with van der Waals surface area (Å²) in [6, 6.07) is 13.5. The first kappa shape index (κ1) is 25.5. The van der Waals surface area contributed by atoms with Crippen molar-refractivity contribution in [2.24, 2.45) is 10.9 Å². The highest BCUT2D eigenvalue weighted by Crippen LogP contribution is 2.26. The normalized spacial score (nSPS) is 15.7. The van der Waals surface area contributed by atoms with Gasteiger partial charge in [-0.1, -0.05) is 23.7 Å². The number of aromatic nitrogens is 3. The predicted octanol–water partition coefficient (Wildman–Crippen LogP) is 3.57. The van der Waals surface area contributed by atoms with E-state index >= 15 is 0 Å². The molecule has 0 bridgehead atoms. The fourth-order valence-corrected chi connectivity index (χ4v) is 4.03. The van der Waals surface area contributed by atoms with Gasteiger partial charge in [-0.25, -0.2) is 19.1 Å². The van der Waals surface area contributed by atoms with E-state index in [1.165, 1.54) is 18.1 Å². The molecule has 0 aliphatic heterocycles. The van der Waals surface area contributed by atoms with Crippen molar-refractivity contribution in [1.82, 2.24) is 14.1 Å². The summed E-state index contributed by atoms with van der Waals surface area (Å²) >= 11 is 6.01. The smallest absolute Gasteiger partial charge is 0.335 e. The van der Waals surface area contributed by atoms with Gasteiger partial charge in [0, 0.05) is 5.02 Å². The average molecular weight is 513 g/mol. The lowest BCUT2D eigenvalue weighted by Crippen LogP contribution is -2.52. The standard InChI is InChI=1S/C26H29ClN4O5/c1-16(23(32)35-3)17(2)31-25(33)29-24(30(26(31)34)15-18-7-9-19(27)10-8-18)28-20-11-13-22(14-12-20)36-21-5-4-6-21/h7-14,16-17,21H,4-6,15H2,1-3H3,(H,28,29,33)/t16-,17+/m1/s1. The van der Waals surface area contributed by atoms with Crippen molar-refractivity contribution in [3.05, 3.63) is 85.7 Å². The Kier molecular flexibility index (Phi) is 7.79. The minimum absolute atomic E-state index is 0.0850. The molecule has 10 heteroatoms. The van der Waals surface area contributed by atoms with E-state index in [2.05, 4.69) is 9.98 Å². The maximum absolute atomic E-state index is 13.6. The summed E-state index contributed by atoms with van der Waals surface area (Å²) in [6.07, 6.45) is 3.55. The van der Waals surface area contributed by atoms with Crippen LogP contribution in [0.2, 0.25) is 5.02 Å². The summed E-state index contributed by atoms with van der Waals surface area (Å²) < 4.78 is 13.1. The lowest BCUT2D eigenvalue weighted by molar-refractivity contribution is -0.146. The maximum Gasteiger partial charge on any atom is 0.335 e. The second-order valence-corrected chi connectivity index (χ2v) is 9.38. The third kappa shape index (κ3) is 5.62. The highest BCUT2D eigenvalue weighted by Gasteiger charge is 2.26. The van der Waals surface area contributed by atoms with Gasteiger partial charge >= 0.3 is 17.3 Å². The number of hydrogen-bond donors (Lipinski definition) is 1. The van der Waals surface area contributed by atoms with Gasteiger partial charge in [-0.15, -0.1) is 0 Å². The van der Waals surface area contributed by atoms with E-state index < -0.39 is 29.3 Å². The summed E-state index contributed by atoms with van der Waals surface area (Å²) in [5.41, 5.74) is 0.153. The molecule has 36 heavy (non-hydrogen) atoms. The zero-order valence-corrected chi connectivity index (χ0v) is 21.2. The summed E-state index contributed by atoms with van der Waals surface area (Å²) in [6.45, 7) is 3.37.